The number of para-hydroxylation sites is 1. The van der Waals surface area contributed by atoms with Crippen LogP contribution in [0.15, 0.2) is 78.9 Å². The lowest BCUT2D eigenvalue weighted by Gasteiger charge is -2.34. The van der Waals surface area contributed by atoms with E-state index in [1.54, 1.807) is 13.2 Å². The molecule has 1 aliphatic rings. The summed E-state index contributed by atoms with van der Waals surface area (Å²) in [4.78, 5) is 17.1. The van der Waals surface area contributed by atoms with Crippen LogP contribution in [0.25, 0.3) is 6.08 Å². The SMILES string of the molecule is COc1ccc(/C=C/C(=O)N2CCN(Cc3ccccc3)CC2)cc1COc1ccccc1C. The first-order valence-corrected chi connectivity index (χ1v) is 11.7. The predicted octanol–water partition coefficient (Wildman–Crippen LogP) is 4.94. The van der Waals surface area contributed by atoms with Crippen molar-refractivity contribution in [1.82, 2.24) is 9.80 Å². The quantitative estimate of drug-likeness (QED) is 0.450. The van der Waals surface area contributed by atoms with Crippen molar-refractivity contribution in [3.63, 3.8) is 0 Å². The normalized spacial score (nSPS) is 14.4. The van der Waals surface area contributed by atoms with E-state index in [4.69, 9.17) is 9.47 Å². The highest BCUT2D eigenvalue weighted by Crippen LogP contribution is 2.24. The van der Waals surface area contributed by atoms with Gasteiger partial charge in [0.1, 0.15) is 18.1 Å². The fourth-order valence-corrected chi connectivity index (χ4v) is 4.13. The van der Waals surface area contributed by atoms with E-state index in [9.17, 15) is 4.79 Å². The van der Waals surface area contributed by atoms with Gasteiger partial charge in [-0.3, -0.25) is 9.69 Å². The fraction of sp³-hybridized carbons (Fsp3) is 0.276. The number of hydrogen-bond acceptors (Lipinski definition) is 4. The standard InChI is InChI=1S/C29H32N2O3/c1-23-8-6-7-11-27(23)34-22-26-20-24(12-14-28(26)33-2)13-15-29(32)31-18-16-30(17-19-31)21-25-9-4-3-5-10-25/h3-15,20H,16-19,21-22H2,1-2H3/b15-13+. The van der Waals surface area contributed by atoms with Gasteiger partial charge in [0.15, 0.2) is 0 Å². The van der Waals surface area contributed by atoms with Gasteiger partial charge in [-0.15, -0.1) is 0 Å². The van der Waals surface area contributed by atoms with Crippen molar-refractivity contribution in [2.45, 2.75) is 20.1 Å². The molecule has 3 aromatic carbocycles. The number of carbonyl (C=O) groups excluding carboxylic acids is 1. The number of rotatable bonds is 8. The Labute approximate surface area is 202 Å². The molecule has 1 aliphatic heterocycles. The van der Waals surface area contributed by atoms with Crippen molar-refractivity contribution in [3.8, 4) is 11.5 Å². The van der Waals surface area contributed by atoms with E-state index in [0.717, 1.165) is 60.9 Å². The van der Waals surface area contributed by atoms with Gasteiger partial charge in [-0.1, -0.05) is 54.6 Å². The maximum absolute atomic E-state index is 12.8. The molecule has 1 saturated heterocycles. The van der Waals surface area contributed by atoms with Gasteiger partial charge in [0.2, 0.25) is 5.91 Å². The van der Waals surface area contributed by atoms with Crippen LogP contribution in [0.3, 0.4) is 0 Å². The first kappa shape index (κ1) is 23.6. The average Bonchev–Trinajstić information content (AvgIpc) is 2.88. The molecule has 0 radical (unpaired) electrons. The number of carbonyl (C=O) groups is 1. The summed E-state index contributed by atoms with van der Waals surface area (Å²) < 4.78 is 11.5. The Bertz CT molecular complexity index is 1120. The minimum absolute atomic E-state index is 0.0490. The van der Waals surface area contributed by atoms with Crippen molar-refractivity contribution in [2.75, 3.05) is 33.3 Å². The first-order valence-electron chi connectivity index (χ1n) is 11.7. The van der Waals surface area contributed by atoms with Gasteiger partial charge in [-0.2, -0.15) is 0 Å². The maximum atomic E-state index is 12.8. The number of hydrogen-bond donors (Lipinski definition) is 0. The zero-order chi connectivity index (χ0) is 23.8. The summed E-state index contributed by atoms with van der Waals surface area (Å²) in [6.45, 7) is 6.61. The van der Waals surface area contributed by atoms with Gasteiger partial charge >= 0.3 is 0 Å². The van der Waals surface area contributed by atoms with Gasteiger partial charge < -0.3 is 14.4 Å². The Kier molecular flexibility index (Phi) is 7.99. The average molecular weight is 457 g/mol. The molecule has 5 nitrogen and oxygen atoms in total. The zero-order valence-corrected chi connectivity index (χ0v) is 19.9. The Hall–Kier alpha value is -3.57. The Morgan fingerprint density at radius 1 is 0.912 bits per heavy atom. The molecule has 0 bridgehead atoms. The molecule has 0 spiro atoms. The summed E-state index contributed by atoms with van der Waals surface area (Å²) >= 11 is 0. The van der Waals surface area contributed by atoms with Crippen LogP contribution < -0.4 is 9.47 Å². The van der Waals surface area contributed by atoms with Crippen LogP contribution in [-0.4, -0.2) is 49.0 Å². The highest BCUT2D eigenvalue weighted by molar-refractivity contribution is 5.91. The lowest BCUT2D eigenvalue weighted by atomic mass is 10.1. The molecule has 176 valence electrons. The first-order chi connectivity index (χ1) is 16.6. The van der Waals surface area contributed by atoms with Crippen molar-refractivity contribution in [2.24, 2.45) is 0 Å². The second-order valence-corrected chi connectivity index (χ2v) is 8.55. The predicted molar refractivity (Wildman–Crippen MR) is 136 cm³/mol. The van der Waals surface area contributed by atoms with Crippen molar-refractivity contribution >= 4 is 12.0 Å². The largest absolute Gasteiger partial charge is 0.496 e. The second-order valence-electron chi connectivity index (χ2n) is 8.55. The molecule has 1 fully saturated rings. The minimum atomic E-state index is 0.0490. The van der Waals surface area contributed by atoms with Crippen molar-refractivity contribution < 1.29 is 14.3 Å². The molecule has 34 heavy (non-hydrogen) atoms. The van der Waals surface area contributed by atoms with E-state index in [0.29, 0.717) is 6.61 Å². The monoisotopic (exact) mass is 456 g/mol. The summed E-state index contributed by atoms with van der Waals surface area (Å²) in [6.07, 6.45) is 3.54. The third-order valence-corrected chi connectivity index (χ3v) is 6.13. The molecule has 1 heterocycles. The topological polar surface area (TPSA) is 42.0 Å². The molecule has 0 unspecified atom stereocenters. The summed E-state index contributed by atoms with van der Waals surface area (Å²) in [5.74, 6) is 1.67. The summed E-state index contributed by atoms with van der Waals surface area (Å²) in [6, 6.07) is 24.3. The van der Waals surface area contributed by atoms with Crippen LogP contribution >= 0.6 is 0 Å². The lowest BCUT2D eigenvalue weighted by Crippen LogP contribution is -2.47. The van der Waals surface area contributed by atoms with E-state index in [1.807, 2.05) is 66.4 Å². The van der Waals surface area contributed by atoms with Gasteiger partial charge in [0, 0.05) is 44.4 Å². The summed E-state index contributed by atoms with van der Waals surface area (Å²) in [5, 5.41) is 0. The molecule has 0 aliphatic carbocycles. The molecular weight excluding hydrogens is 424 g/mol. The number of amides is 1. The number of piperazine rings is 1. The highest BCUT2D eigenvalue weighted by atomic mass is 16.5. The van der Waals surface area contributed by atoms with Crippen LogP contribution in [-0.2, 0) is 17.9 Å². The smallest absolute Gasteiger partial charge is 0.246 e. The molecule has 5 heteroatoms. The third kappa shape index (κ3) is 6.27. The van der Waals surface area contributed by atoms with E-state index in [2.05, 4.69) is 29.2 Å². The number of aryl methyl sites for hydroxylation is 1. The highest BCUT2D eigenvalue weighted by Gasteiger charge is 2.19. The van der Waals surface area contributed by atoms with E-state index in [1.165, 1.54) is 5.56 Å². The maximum Gasteiger partial charge on any atom is 0.246 e. The molecular formula is C29H32N2O3. The minimum Gasteiger partial charge on any atom is -0.496 e. The number of methoxy groups -OCH3 is 1. The van der Waals surface area contributed by atoms with E-state index >= 15 is 0 Å². The fourth-order valence-electron chi connectivity index (χ4n) is 4.13. The van der Waals surface area contributed by atoms with Crippen LogP contribution in [0.5, 0.6) is 11.5 Å². The van der Waals surface area contributed by atoms with Gasteiger partial charge in [0.05, 0.1) is 7.11 Å². The molecule has 0 saturated carbocycles. The van der Waals surface area contributed by atoms with Crippen molar-refractivity contribution in [3.05, 3.63) is 101 Å². The lowest BCUT2D eigenvalue weighted by molar-refractivity contribution is -0.127. The number of nitrogens with zero attached hydrogens (tertiary/aromatic N) is 2. The molecule has 0 aromatic heterocycles. The van der Waals surface area contributed by atoms with Crippen LogP contribution in [0.4, 0.5) is 0 Å². The van der Waals surface area contributed by atoms with Crippen LogP contribution in [0, 0.1) is 6.92 Å². The molecule has 1 amide bonds. The van der Waals surface area contributed by atoms with Gasteiger partial charge in [-0.25, -0.2) is 0 Å². The molecule has 0 atom stereocenters. The molecule has 4 rings (SSSR count). The zero-order valence-electron chi connectivity index (χ0n) is 19.9. The van der Waals surface area contributed by atoms with E-state index < -0.39 is 0 Å². The summed E-state index contributed by atoms with van der Waals surface area (Å²) in [7, 11) is 1.66. The van der Waals surface area contributed by atoms with Gasteiger partial charge in [0.25, 0.3) is 0 Å². The van der Waals surface area contributed by atoms with Crippen molar-refractivity contribution in [1.29, 1.82) is 0 Å². The molecule has 3 aromatic rings. The third-order valence-electron chi connectivity index (χ3n) is 6.13. The Morgan fingerprint density at radius 2 is 1.65 bits per heavy atom. The Balaban J connectivity index is 1.33. The molecule has 0 N–H and O–H groups in total. The van der Waals surface area contributed by atoms with E-state index in [-0.39, 0.29) is 5.91 Å². The second kappa shape index (κ2) is 11.5. The number of benzene rings is 3. The Morgan fingerprint density at radius 3 is 2.38 bits per heavy atom. The number of ether oxygens (including phenoxy) is 2. The van der Waals surface area contributed by atoms with Crippen LogP contribution in [0.2, 0.25) is 0 Å². The van der Waals surface area contributed by atoms with Crippen LogP contribution in [0.1, 0.15) is 22.3 Å². The van der Waals surface area contributed by atoms with Gasteiger partial charge in [-0.05, 0) is 47.9 Å². The summed E-state index contributed by atoms with van der Waals surface area (Å²) in [5.41, 5.74) is 4.28.